The smallest absolute Gasteiger partial charge is 0.195 e. The molecule has 2 aromatic rings. The molecule has 0 atom stereocenters. The summed E-state index contributed by atoms with van der Waals surface area (Å²) < 4.78 is 16.7. The normalized spacial score (nSPS) is 11.4. The molecule has 30 heavy (non-hydrogen) atoms. The minimum atomic E-state index is 0.602. The number of methoxy groups -OCH3 is 1. The van der Waals surface area contributed by atoms with E-state index < -0.39 is 0 Å². The first-order chi connectivity index (χ1) is 14.6. The van der Waals surface area contributed by atoms with Gasteiger partial charge in [-0.05, 0) is 32.3 Å². The summed E-state index contributed by atoms with van der Waals surface area (Å²) in [5.74, 6) is 2.37. The summed E-state index contributed by atoms with van der Waals surface area (Å²) in [4.78, 5) is 6.42. The molecule has 0 aliphatic rings. The molecule has 2 aromatic carbocycles. The second kappa shape index (κ2) is 13.5. The maximum absolute atomic E-state index is 5.94. The van der Waals surface area contributed by atoms with E-state index in [0.29, 0.717) is 32.3 Å². The molecule has 0 saturated heterocycles. The lowest BCUT2D eigenvalue weighted by atomic mass is 10.2. The van der Waals surface area contributed by atoms with E-state index >= 15 is 0 Å². The van der Waals surface area contributed by atoms with Gasteiger partial charge in [0, 0.05) is 57.6 Å². The van der Waals surface area contributed by atoms with Gasteiger partial charge in [-0.25, -0.2) is 0 Å². The van der Waals surface area contributed by atoms with Crippen LogP contribution in [-0.4, -0.2) is 65.5 Å². The molecule has 0 bridgehead atoms. The molecule has 7 heteroatoms. The summed E-state index contributed by atoms with van der Waals surface area (Å²) in [6.07, 6.45) is 0.855. The van der Waals surface area contributed by atoms with Gasteiger partial charge in [0.2, 0.25) is 0 Å². The lowest BCUT2D eigenvalue weighted by molar-refractivity contribution is 0.172. The van der Waals surface area contributed by atoms with E-state index in [2.05, 4.69) is 26.6 Å². The van der Waals surface area contributed by atoms with Crippen molar-refractivity contribution in [2.45, 2.75) is 13.0 Å². The Morgan fingerprint density at radius 1 is 1.00 bits per heavy atom. The molecule has 0 radical (unpaired) electrons. The molecule has 0 aliphatic heterocycles. The molecule has 0 aliphatic carbocycles. The fraction of sp³-hybridized carbons (Fsp3) is 0.435. The van der Waals surface area contributed by atoms with Crippen LogP contribution in [0.25, 0.3) is 0 Å². The van der Waals surface area contributed by atoms with Crippen molar-refractivity contribution in [2.75, 3.05) is 59.9 Å². The number of hydrogen-bond donors (Lipinski definition) is 2. The lowest BCUT2D eigenvalue weighted by Crippen LogP contribution is -2.30. The van der Waals surface area contributed by atoms with E-state index in [-0.39, 0.29) is 0 Å². The van der Waals surface area contributed by atoms with Gasteiger partial charge in [0.25, 0.3) is 0 Å². The van der Waals surface area contributed by atoms with Gasteiger partial charge in [0.15, 0.2) is 5.96 Å². The molecule has 7 nitrogen and oxygen atoms in total. The van der Waals surface area contributed by atoms with Crippen molar-refractivity contribution < 1.29 is 14.2 Å². The number of nitrogens with zero attached hydrogens (tertiary/aromatic N) is 2. The zero-order valence-corrected chi connectivity index (χ0v) is 18.5. The second-order valence-electron chi connectivity index (χ2n) is 7.03. The molecule has 0 amide bonds. The molecule has 2 N–H and O–H groups in total. The van der Waals surface area contributed by atoms with Gasteiger partial charge in [-0.1, -0.05) is 24.3 Å². The summed E-state index contributed by atoms with van der Waals surface area (Å²) in [6, 6.07) is 15.9. The predicted molar refractivity (Wildman–Crippen MR) is 123 cm³/mol. The van der Waals surface area contributed by atoms with E-state index in [9.17, 15) is 0 Å². The average molecular weight is 415 g/mol. The minimum absolute atomic E-state index is 0.602. The zero-order valence-electron chi connectivity index (χ0n) is 18.5. The summed E-state index contributed by atoms with van der Waals surface area (Å²) in [6.45, 7) is 3.43. The summed E-state index contributed by atoms with van der Waals surface area (Å²) >= 11 is 0. The Labute approximate surface area is 180 Å². The largest absolute Gasteiger partial charge is 0.493 e. The van der Waals surface area contributed by atoms with Gasteiger partial charge in [0.1, 0.15) is 18.1 Å². The van der Waals surface area contributed by atoms with Crippen molar-refractivity contribution in [2.24, 2.45) is 4.99 Å². The van der Waals surface area contributed by atoms with Gasteiger partial charge in [-0.2, -0.15) is 0 Å². The van der Waals surface area contributed by atoms with Crippen LogP contribution < -0.4 is 20.1 Å². The summed E-state index contributed by atoms with van der Waals surface area (Å²) in [7, 11) is 7.51. The van der Waals surface area contributed by atoms with Crippen LogP contribution in [-0.2, 0) is 11.3 Å². The van der Waals surface area contributed by atoms with Gasteiger partial charge in [-0.15, -0.1) is 0 Å². The Kier molecular flexibility index (Phi) is 10.5. The molecule has 0 fully saturated rings. The number of likely N-dealkylation sites (N-methyl/N-ethyl adjacent to an activating group) is 1. The highest BCUT2D eigenvalue weighted by Crippen LogP contribution is 2.19. The van der Waals surface area contributed by atoms with Crippen LogP contribution >= 0.6 is 0 Å². The number of ether oxygens (including phenoxy) is 3. The molecular formula is C23H34N4O3. The Morgan fingerprint density at radius 2 is 1.83 bits per heavy atom. The second-order valence-corrected chi connectivity index (χ2v) is 7.03. The fourth-order valence-electron chi connectivity index (χ4n) is 2.68. The van der Waals surface area contributed by atoms with Crippen LogP contribution in [0.4, 0.5) is 5.69 Å². The number of para-hydroxylation sites is 1. The van der Waals surface area contributed by atoms with Crippen LogP contribution in [0.5, 0.6) is 11.5 Å². The SMILES string of the molecule is CN=C(NCc1ccccc1OCCN(C)C)Nc1cccc(OCCCOC)c1. The Morgan fingerprint density at radius 3 is 2.60 bits per heavy atom. The monoisotopic (exact) mass is 414 g/mol. The highest BCUT2D eigenvalue weighted by molar-refractivity contribution is 5.93. The third kappa shape index (κ3) is 8.71. The van der Waals surface area contributed by atoms with Gasteiger partial charge >= 0.3 is 0 Å². The van der Waals surface area contributed by atoms with Crippen LogP contribution in [0.3, 0.4) is 0 Å². The lowest BCUT2D eigenvalue weighted by Gasteiger charge is -2.16. The standard InChI is InChI=1S/C23H34N4O3/c1-24-23(26-20-10-7-11-21(17-20)29-15-8-14-28-4)25-18-19-9-5-6-12-22(19)30-16-13-27(2)3/h5-7,9-12,17H,8,13-16,18H2,1-4H3,(H2,24,25,26). The molecule has 0 spiro atoms. The quantitative estimate of drug-likeness (QED) is 0.316. The topological polar surface area (TPSA) is 67.4 Å². The van der Waals surface area contributed by atoms with Crippen molar-refractivity contribution in [1.82, 2.24) is 10.2 Å². The fourth-order valence-corrected chi connectivity index (χ4v) is 2.68. The predicted octanol–water partition coefficient (Wildman–Crippen LogP) is 3.23. The van der Waals surface area contributed by atoms with E-state index in [0.717, 1.165) is 35.7 Å². The molecule has 0 unspecified atom stereocenters. The van der Waals surface area contributed by atoms with Crippen molar-refractivity contribution >= 4 is 11.6 Å². The van der Waals surface area contributed by atoms with Crippen LogP contribution in [0.2, 0.25) is 0 Å². The maximum Gasteiger partial charge on any atom is 0.195 e. The third-order valence-electron chi connectivity index (χ3n) is 4.30. The van der Waals surface area contributed by atoms with Gasteiger partial charge < -0.3 is 29.7 Å². The van der Waals surface area contributed by atoms with Crippen LogP contribution in [0.1, 0.15) is 12.0 Å². The number of rotatable bonds is 12. The molecule has 164 valence electrons. The van der Waals surface area contributed by atoms with Gasteiger partial charge in [-0.3, -0.25) is 4.99 Å². The van der Waals surface area contributed by atoms with E-state index in [1.54, 1.807) is 14.2 Å². The first-order valence-electron chi connectivity index (χ1n) is 10.2. The Hall–Kier alpha value is -2.77. The number of benzene rings is 2. The molecule has 0 saturated carbocycles. The van der Waals surface area contributed by atoms with Crippen LogP contribution in [0, 0.1) is 0 Å². The first kappa shape index (κ1) is 23.5. The first-order valence-corrected chi connectivity index (χ1v) is 10.2. The van der Waals surface area contributed by atoms with Crippen molar-refractivity contribution in [3.05, 3.63) is 54.1 Å². The van der Waals surface area contributed by atoms with Crippen LogP contribution in [0.15, 0.2) is 53.5 Å². The third-order valence-corrected chi connectivity index (χ3v) is 4.30. The van der Waals surface area contributed by atoms with Gasteiger partial charge in [0.05, 0.1) is 6.61 Å². The number of nitrogens with one attached hydrogen (secondary N) is 2. The van der Waals surface area contributed by atoms with Crippen molar-refractivity contribution in [1.29, 1.82) is 0 Å². The zero-order chi connectivity index (χ0) is 21.6. The van der Waals surface area contributed by atoms with Crippen molar-refractivity contribution in [3.8, 4) is 11.5 Å². The molecular weight excluding hydrogens is 380 g/mol. The van der Waals surface area contributed by atoms with E-state index in [4.69, 9.17) is 14.2 Å². The number of hydrogen-bond acceptors (Lipinski definition) is 5. The molecule has 2 rings (SSSR count). The summed E-state index contributed by atoms with van der Waals surface area (Å²) in [5.41, 5.74) is 1.98. The molecule has 0 aromatic heterocycles. The average Bonchev–Trinajstić information content (AvgIpc) is 2.75. The maximum atomic E-state index is 5.94. The highest BCUT2D eigenvalue weighted by Gasteiger charge is 2.06. The summed E-state index contributed by atoms with van der Waals surface area (Å²) in [5, 5.41) is 6.65. The Bertz CT molecular complexity index is 781. The number of anilines is 1. The number of guanidine groups is 1. The van der Waals surface area contributed by atoms with E-state index in [1.165, 1.54) is 0 Å². The molecule has 0 heterocycles. The Balaban J connectivity index is 1.90. The van der Waals surface area contributed by atoms with E-state index in [1.807, 2.05) is 56.6 Å². The minimum Gasteiger partial charge on any atom is -0.493 e. The highest BCUT2D eigenvalue weighted by atomic mass is 16.5. The van der Waals surface area contributed by atoms with Crippen molar-refractivity contribution in [3.63, 3.8) is 0 Å². The number of aliphatic imine (C=N–C) groups is 1.